The third-order valence-electron chi connectivity index (χ3n) is 4.72. The molecule has 8 heteroatoms. The van der Waals surface area contributed by atoms with Crippen LogP contribution >= 0.6 is 0 Å². The predicted octanol–water partition coefficient (Wildman–Crippen LogP) is 0.912. The highest BCUT2D eigenvalue weighted by molar-refractivity contribution is 5.80. The van der Waals surface area contributed by atoms with E-state index in [-0.39, 0.29) is 11.9 Å². The lowest BCUT2D eigenvalue weighted by Gasteiger charge is -2.35. The maximum atomic E-state index is 12.6. The Kier molecular flexibility index (Phi) is 4.27. The van der Waals surface area contributed by atoms with E-state index in [0.717, 1.165) is 44.2 Å². The molecule has 132 valence electrons. The molecule has 2 aliphatic heterocycles. The van der Waals surface area contributed by atoms with E-state index in [9.17, 15) is 4.79 Å². The number of hydrogen-bond acceptors (Lipinski definition) is 6. The number of piperazine rings is 1. The van der Waals surface area contributed by atoms with E-state index >= 15 is 0 Å². The summed E-state index contributed by atoms with van der Waals surface area (Å²) >= 11 is 0. The van der Waals surface area contributed by atoms with E-state index in [1.54, 1.807) is 11.0 Å². The third-order valence-corrected chi connectivity index (χ3v) is 4.72. The van der Waals surface area contributed by atoms with Crippen LogP contribution in [0.25, 0.3) is 0 Å². The second-order valence-corrected chi connectivity index (χ2v) is 6.34. The molecule has 0 N–H and O–H groups in total. The maximum Gasteiger partial charge on any atom is 0.247 e. The number of aromatic nitrogens is 3. The minimum absolute atomic E-state index is 0.0910. The van der Waals surface area contributed by atoms with E-state index < -0.39 is 0 Å². The summed E-state index contributed by atoms with van der Waals surface area (Å²) in [7, 11) is 0. The van der Waals surface area contributed by atoms with Crippen molar-refractivity contribution in [3.63, 3.8) is 0 Å². The second-order valence-electron chi connectivity index (χ2n) is 6.34. The van der Waals surface area contributed by atoms with Crippen molar-refractivity contribution in [2.45, 2.75) is 19.5 Å². The average Bonchev–Trinajstić information content (AvgIpc) is 3.32. The fourth-order valence-corrected chi connectivity index (χ4v) is 3.22. The van der Waals surface area contributed by atoms with Crippen LogP contribution in [0.3, 0.4) is 0 Å². The Hall–Kier alpha value is -2.61. The minimum Gasteiger partial charge on any atom is -0.454 e. The second kappa shape index (κ2) is 6.72. The normalized spacial score (nSPS) is 18.4. The van der Waals surface area contributed by atoms with Crippen molar-refractivity contribution in [1.82, 2.24) is 24.6 Å². The first-order valence-corrected chi connectivity index (χ1v) is 8.44. The van der Waals surface area contributed by atoms with Crippen LogP contribution in [0.4, 0.5) is 0 Å². The molecular formula is C17H21N5O3. The van der Waals surface area contributed by atoms with Gasteiger partial charge >= 0.3 is 0 Å². The topological polar surface area (TPSA) is 72.7 Å². The van der Waals surface area contributed by atoms with Gasteiger partial charge in [0.25, 0.3) is 0 Å². The Morgan fingerprint density at radius 2 is 2.00 bits per heavy atom. The van der Waals surface area contributed by atoms with Gasteiger partial charge in [-0.1, -0.05) is 6.07 Å². The number of hydrogen-bond donors (Lipinski definition) is 0. The highest BCUT2D eigenvalue weighted by atomic mass is 16.7. The van der Waals surface area contributed by atoms with Gasteiger partial charge in [0, 0.05) is 32.7 Å². The zero-order valence-electron chi connectivity index (χ0n) is 14.2. The van der Waals surface area contributed by atoms with Crippen LogP contribution in [0, 0.1) is 0 Å². The lowest BCUT2D eigenvalue weighted by Crippen LogP contribution is -2.49. The van der Waals surface area contributed by atoms with E-state index in [1.807, 2.05) is 24.0 Å². The summed E-state index contributed by atoms with van der Waals surface area (Å²) in [6.07, 6.45) is 3.03. The molecule has 1 aromatic heterocycles. The van der Waals surface area contributed by atoms with Gasteiger partial charge in [0.1, 0.15) is 18.7 Å². The SMILES string of the molecule is C[C@@H](C(=O)N1CCN(Cc2ccc3c(c2)OCO3)CC1)n1cncn1. The first-order chi connectivity index (χ1) is 12.2. The van der Waals surface area contributed by atoms with Gasteiger partial charge in [0.15, 0.2) is 11.5 Å². The zero-order valence-corrected chi connectivity index (χ0v) is 14.2. The molecule has 0 saturated carbocycles. The van der Waals surface area contributed by atoms with Gasteiger partial charge in [-0.25, -0.2) is 9.67 Å². The number of carbonyl (C=O) groups excluding carboxylic acids is 1. The summed E-state index contributed by atoms with van der Waals surface area (Å²) in [5.41, 5.74) is 1.19. The fraction of sp³-hybridized carbons (Fsp3) is 0.471. The molecule has 0 aliphatic carbocycles. The maximum absolute atomic E-state index is 12.6. The summed E-state index contributed by atoms with van der Waals surface area (Å²) in [5.74, 6) is 1.71. The largest absolute Gasteiger partial charge is 0.454 e. The molecule has 2 aliphatic rings. The Morgan fingerprint density at radius 1 is 1.20 bits per heavy atom. The molecule has 2 aromatic rings. The van der Waals surface area contributed by atoms with Crippen molar-refractivity contribution in [2.24, 2.45) is 0 Å². The molecule has 8 nitrogen and oxygen atoms in total. The van der Waals surface area contributed by atoms with Crippen LogP contribution in [0.15, 0.2) is 30.9 Å². The van der Waals surface area contributed by atoms with Gasteiger partial charge in [-0.05, 0) is 24.6 Å². The highest BCUT2D eigenvalue weighted by Crippen LogP contribution is 2.32. The number of nitrogens with zero attached hydrogens (tertiary/aromatic N) is 5. The number of carbonyl (C=O) groups is 1. The van der Waals surface area contributed by atoms with Crippen LogP contribution in [0.2, 0.25) is 0 Å². The Balaban J connectivity index is 1.31. The molecule has 1 aromatic carbocycles. The molecule has 1 saturated heterocycles. The van der Waals surface area contributed by atoms with E-state index in [4.69, 9.17) is 9.47 Å². The minimum atomic E-state index is -0.317. The van der Waals surface area contributed by atoms with Gasteiger partial charge < -0.3 is 14.4 Å². The fourth-order valence-electron chi connectivity index (χ4n) is 3.22. The van der Waals surface area contributed by atoms with Gasteiger partial charge in [-0.15, -0.1) is 0 Å². The van der Waals surface area contributed by atoms with Gasteiger partial charge in [0.05, 0.1) is 0 Å². The van der Waals surface area contributed by atoms with Crippen LogP contribution in [0.5, 0.6) is 11.5 Å². The smallest absolute Gasteiger partial charge is 0.247 e. The number of rotatable bonds is 4. The first-order valence-electron chi connectivity index (χ1n) is 8.44. The molecule has 0 spiro atoms. The van der Waals surface area contributed by atoms with Crippen molar-refractivity contribution < 1.29 is 14.3 Å². The quantitative estimate of drug-likeness (QED) is 0.822. The monoisotopic (exact) mass is 343 g/mol. The van der Waals surface area contributed by atoms with Crippen LogP contribution in [-0.2, 0) is 11.3 Å². The van der Waals surface area contributed by atoms with Crippen LogP contribution < -0.4 is 9.47 Å². The molecule has 0 bridgehead atoms. The van der Waals surface area contributed by atoms with Crippen LogP contribution in [-0.4, -0.2) is 63.4 Å². The Bertz CT molecular complexity index is 741. The average molecular weight is 343 g/mol. The summed E-state index contributed by atoms with van der Waals surface area (Å²) in [5, 5.41) is 4.06. The summed E-state index contributed by atoms with van der Waals surface area (Å²) in [6, 6.07) is 5.74. The van der Waals surface area contributed by atoms with Crippen molar-refractivity contribution in [3.8, 4) is 11.5 Å². The molecule has 1 fully saturated rings. The molecule has 25 heavy (non-hydrogen) atoms. The molecule has 1 amide bonds. The molecule has 3 heterocycles. The Morgan fingerprint density at radius 3 is 2.76 bits per heavy atom. The first kappa shape index (κ1) is 15.9. The van der Waals surface area contributed by atoms with Crippen molar-refractivity contribution in [3.05, 3.63) is 36.4 Å². The molecule has 4 rings (SSSR count). The van der Waals surface area contributed by atoms with Gasteiger partial charge in [-0.2, -0.15) is 5.10 Å². The van der Waals surface area contributed by atoms with Gasteiger partial charge in [0.2, 0.25) is 12.7 Å². The molecule has 1 atom stereocenters. The van der Waals surface area contributed by atoms with E-state index in [1.165, 1.54) is 11.9 Å². The highest BCUT2D eigenvalue weighted by Gasteiger charge is 2.26. The summed E-state index contributed by atoms with van der Waals surface area (Å²) < 4.78 is 12.4. The van der Waals surface area contributed by atoms with Crippen LogP contribution in [0.1, 0.15) is 18.5 Å². The Labute approximate surface area is 145 Å². The molecule has 0 unspecified atom stereocenters. The predicted molar refractivity (Wildman–Crippen MR) is 89.2 cm³/mol. The summed E-state index contributed by atoms with van der Waals surface area (Å²) in [4.78, 5) is 20.7. The lowest BCUT2D eigenvalue weighted by molar-refractivity contribution is -0.136. The van der Waals surface area contributed by atoms with E-state index in [0.29, 0.717) is 6.79 Å². The van der Waals surface area contributed by atoms with Crippen molar-refractivity contribution >= 4 is 5.91 Å². The van der Waals surface area contributed by atoms with Crippen molar-refractivity contribution in [1.29, 1.82) is 0 Å². The molecule has 0 radical (unpaired) electrons. The zero-order chi connectivity index (χ0) is 17.2. The number of benzene rings is 1. The third kappa shape index (κ3) is 3.30. The van der Waals surface area contributed by atoms with Crippen molar-refractivity contribution in [2.75, 3.05) is 33.0 Å². The van der Waals surface area contributed by atoms with Gasteiger partial charge in [-0.3, -0.25) is 9.69 Å². The lowest BCUT2D eigenvalue weighted by atomic mass is 10.1. The standard InChI is InChI=1S/C17H21N5O3/c1-13(22-11-18-10-19-22)17(23)21-6-4-20(5-7-21)9-14-2-3-15-16(8-14)25-12-24-15/h2-3,8,10-11,13H,4-7,9,12H2,1H3/t13-/m0/s1. The van der Waals surface area contributed by atoms with E-state index in [2.05, 4.69) is 21.0 Å². The summed E-state index contributed by atoms with van der Waals surface area (Å²) in [6.45, 7) is 6.15. The number of ether oxygens (including phenoxy) is 2. The molecular weight excluding hydrogens is 322 g/mol. The number of fused-ring (bicyclic) bond motifs is 1. The number of amides is 1.